The highest BCUT2D eigenvalue weighted by Crippen LogP contribution is 2.40. The molecule has 1 saturated carbocycles. The number of imide groups is 1. The molecule has 2 fully saturated rings. The minimum atomic E-state index is -0.299. The van der Waals surface area contributed by atoms with Crippen LogP contribution in [0.2, 0.25) is 0 Å². The number of rotatable bonds is 1. The van der Waals surface area contributed by atoms with Crippen LogP contribution in [0.15, 0.2) is 12.2 Å². The van der Waals surface area contributed by atoms with Crippen LogP contribution in [-0.4, -0.2) is 40.9 Å². The number of amides is 3. The van der Waals surface area contributed by atoms with Gasteiger partial charge in [-0.1, -0.05) is 12.2 Å². The number of allylic oxidation sites excluding steroid dienone is 1. The van der Waals surface area contributed by atoms with Gasteiger partial charge in [-0.05, 0) is 38.0 Å². The summed E-state index contributed by atoms with van der Waals surface area (Å²) in [6.45, 7) is 1.80. The van der Waals surface area contributed by atoms with Gasteiger partial charge >= 0.3 is 6.03 Å². The number of hydrogen-bond acceptors (Lipinski definition) is 2. The van der Waals surface area contributed by atoms with E-state index in [4.69, 9.17) is 0 Å². The standard InChI is InChI=1S/C13H18N2O2/c1-8-12(16)15(13(17)14(8)2)11-7-9-3-5-10(11)6-4-9/h3,5,8-11H,4,6-7H2,1-2H3. The van der Waals surface area contributed by atoms with E-state index in [1.165, 1.54) is 11.3 Å². The summed E-state index contributed by atoms with van der Waals surface area (Å²) in [5.41, 5.74) is 0. The zero-order valence-electron chi connectivity index (χ0n) is 10.3. The molecule has 4 atom stereocenters. The van der Waals surface area contributed by atoms with Crippen LogP contribution in [0.1, 0.15) is 26.2 Å². The van der Waals surface area contributed by atoms with E-state index in [2.05, 4.69) is 12.2 Å². The Kier molecular flexibility index (Phi) is 2.28. The third kappa shape index (κ3) is 1.43. The molecule has 0 N–H and O–H groups in total. The van der Waals surface area contributed by atoms with Crippen molar-refractivity contribution >= 4 is 11.9 Å². The zero-order valence-corrected chi connectivity index (χ0v) is 10.3. The van der Waals surface area contributed by atoms with Crippen molar-refractivity contribution in [3.8, 4) is 0 Å². The molecule has 0 aromatic heterocycles. The van der Waals surface area contributed by atoms with E-state index < -0.39 is 0 Å². The van der Waals surface area contributed by atoms with E-state index >= 15 is 0 Å². The molecule has 0 spiro atoms. The van der Waals surface area contributed by atoms with Gasteiger partial charge in [0, 0.05) is 13.1 Å². The first-order valence-corrected chi connectivity index (χ1v) is 6.38. The van der Waals surface area contributed by atoms with Gasteiger partial charge in [0.25, 0.3) is 5.91 Å². The smallest absolute Gasteiger partial charge is 0.316 e. The molecular formula is C13H18N2O2. The molecule has 1 aliphatic heterocycles. The molecule has 4 unspecified atom stereocenters. The summed E-state index contributed by atoms with van der Waals surface area (Å²) in [5, 5.41) is 0. The quantitative estimate of drug-likeness (QED) is 0.511. The van der Waals surface area contributed by atoms with Crippen LogP contribution >= 0.6 is 0 Å². The lowest BCUT2D eigenvalue weighted by molar-refractivity contribution is -0.130. The second-order valence-corrected chi connectivity index (χ2v) is 5.47. The number of carbonyl (C=O) groups is 2. The molecule has 0 aromatic rings. The van der Waals surface area contributed by atoms with Gasteiger partial charge < -0.3 is 4.90 Å². The lowest BCUT2D eigenvalue weighted by Crippen LogP contribution is -2.49. The predicted molar refractivity (Wildman–Crippen MR) is 63.2 cm³/mol. The topological polar surface area (TPSA) is 40.6 Å². The van der Waals surface area contributed by atoms with E-state index in [0.29, 0.717) is 11.8 Å². The van der Waals surface area contributed by atoms with Crippen LogP contribution in [0.3, 0.4) is 0 Å². The highest BCUT2D eigenvalue weighted by Gasteiger charge is 2.48. The first-order valence-electron chi connectivity index (χ1n) is 6.38. The summed E-state index contributed by atoms with van der Waals surface area (Å²) in [6.07, 6.45) is 7.73. The number of nitrogens with zero attached hydrogens (tertiary/aromatic N) is 2. The molecule has 3 aliphatic carbocycles. The van der Waals surface area contributed by atoms with Gasteiger partial charge in [-0.15, -0.1) is 0 Å². The fourth-order valence-electron chi connectivity index (χ4n) is 3.30. The third-order valence-electron chi connectivity index (χ3n) is 4.55. The van der Waals surface area contributed by atoms with E-state index in [1.807, 2.05) is 0 Å². The highest BCUT2D eigenvalue weighted by atomic mass is 16.2. The number of hydrogen-bond donors (Lipinski definition) is 0. The SMILES string of the molecule is CC1C(=O)N(C2CC3C=CC2CC3)C(=O)N1C. The lowest BCUT2D eigenvalue weighted by atomic mass is 9.72. The Morgan fingerprint density at radius 1 is 1.24 bits per heavy atom. The van der Waals surface area contributed by atoms with Crippen molar-refractivity contribution < 1.29 is 9.59 Å². The van der Waals surface area contributed by atoms with Gasteiger partial charge in [0.1, 0.15) is 6.04 Å². The molecule has 2 bridgehead atoms. The van der Waals surface area contributed by atoms with E-state index in [-0.39, 0.29) is 24.0 Å². The van der Waals surface area contributed by atoms with Crippen molar-refractivity contribution in [2.24, 2.45) is 11.8 Å². The van der Waals surface area contributed by atoms with Gasteiger partial charge in [0.2, 0.25) is 0 Å². The molecule has 4 heteroatoms. The van der Waals surface area contributed by atoms with Gasteiger partial charge in [-0.2, -0.15) is 0 Å². The van der Waals surface area contributed by atoms with E-state index in [1.54, 1.807) is 18.9 Å². The first kappa shape index (κ1) is 10.8. The van der Waals surface area contributed by atoms with Gasteiger partial charge in [0.05, 0.1) is 0 Å². The summed E-state index contributed by atoms with van der Waals surface area (Å²) in [5.74, 6) is 0.918. The molecule has 92 valence electrons. The van der Waals surface area contributed by atoms with Gasteiger partial charge in [-0.25, -0.2) is 4.79 Å². The Balaban J connectivity index is 1.88. The molecular weight excluding hydrogens is 216 g/mol. The average molecular weight is 234 g/mol. The summed E-state index contributed by atoms with van der Waals surface area (Å²) < 4.78 is 0. The van der Waals surface area contributed by atoms with Crippen molar-refractivity contribution in [2.75, 3.05) is 7.05 Å². The second-order valence-electron chi connectivity index (χ2n) is 5.47. The molecule has 4 rings (SSSR count). The van der Waals surface area contributed by atoms with E-state index in [9.17, 15) is 9.59 Å². The van der Waals surface area contributed by atoms with Crippen LogP contribution in [0.4, 0.5) is 4.79 Å². The van der Waals surface area contributed by atoms with Crippen molar-refractivity contribution in [3.63, 3.8) is 0 Å². The van der Waals surface area contributed by atoms with Crippen molar-refractivity contribution in [2.45, 2.75) is 38.3 Å². The molecule has 3 amide bonds. The second kappa shape index (κ2) is 3.59. The van der Waals surface area contributed by atoms with Crippen LogP contribution in [0, 0.1) is 11.8 Å². The molecule has 4 aliphatic rings. The summed E-state index contributed by atoms with van der Waals surface area (Å²) >= 11 is 0. The maximum Gasteiger partial charge on any atom is 0.327 e. The Morgan fingerprint density at radius 3 is 2.41 bits per heavy atom. The molecule has 0 radical (unpaired) electrons. The molecule has 0 aromatic carbocycles. The minimum Gasteiger partial charge on any atom is -0.316 e. The first-order chi connectivity index (χ1) is 8.09. The number of fused-ring (bicyclic) bond motifs is 2. The predicted octanol–water partition coefficient (Wildman–Crippen LogP) is 1.62. The Morgan fingerprint density at radius 2 is 2.00 bits per heavy atom. The molecule has 4 nitrogen and oxygen atoms in total. The Hall–Kier alpha value is -1.32. The van der Waals surface area contributed by atoms with Crippen LogP contribution in [0.5, 0.6) is 0 Å². The Labute approximate surface area is 101 Å². The van der Waals surface area contributed by atoms with Crippen molar-refractivity contribution in [1.82, 2.24) is 9.80 Å². The maximum absolute atomic E-state index is 12.1. The van der Waals surface area contributed by atoms with Crippen LogP contribution in [-0.2, 0) is 4.79 Å². The van der Waals surface area contributed by atoms with Crippen LogP contribution in [0.25, 0.3) is 0 Å². The number of likely N-dealkylation sites (N-methyl/N-ethyl adjacent to an activating group) is 1. The fraction of sp³-hybridized carbons (Fsp3) is 0.692. The Bertz CT molecular complexity index is 384. The zero-order chi connectivity index (χ0) is 12.2. The van der Waals surface area contributed by atoms with Gasteiger partial charge in [0.15, 0.2) is 0 Å². The summed E-state index contributed by atoms with van der Waals surface area (Å²) in [6, 6.07) is -0.313. The number of carbonyl (C=O) groups excluding carboxylic acids is 2. The third-order valence-corrected chi connectivity index (χ3v) is 4.55. The van der Waals surface area contributed by atoms with Gasteiger partial charge in [-0.3, -0.25) is 9.69 Å². The normalized spacial score (nSPS) is 40.6. The lowest BCUT2D eigenvalue weighted by Gasteiger charge is -2.41. The fourth-order valence-corrected chi connectivity index (χ4v) is 3.30. The van der Waals surface area contributed by atoms with Crippen molar-refractivity contribution in [1.29, 1.82) is 0 Å². The molecule has 1 saturated heterocycles. The average Bonchev–Trinajstić information content (AvgIpc) is 2.55. The molecule has 1 heterocycles. The minimum absolute atomic E-state index is 0.0246. The van der Waals surface area contributed by atoms with Crippen molar-refractivity contribution in [3.05, 3.63) is 12.2 Å². The van der Waals surface area contributed by atoms with E-state index in [0.717, 1.165) is 12.8 Å². The maximum atomic E-state index is 12.1. The molecule has 17 heavy (non-hydrogen) atoms. The summed E-state index contributed by atoms with van der Waals surface area (Å²) in [7, 11) is 1.71. The number of urea groups is 1. The monoisotopic (exact) mass is 234 g/mol. The largest absolute Gasteiger partial charge is 0.327 e. The summed E-state index contributed by atoms with van der Waals surface area (Å²) in [4.78, 5) is 27.3. The van der Waals surface area contributed by atoms with Crippen LogP contribution < -0.4 is 0 Å². The highest BCUT2D eigenvalue weighted by molar-refractivity contribution is 6.04.